The van der Waals surface area contributed by atoms with E-state index >= 15 is 0 Å². The van der Waals surface area contributed by atoms with Crippen LogP contribution in [0.1, 0.15) is 32.3 Å². The summed E-state index contributed by atoms with van der Waals surface area (Å²) < 4.78 is 0. The predicted octanol–water partition coefficient (Wildman–Crippen LogP) is 4.56. The lowest BCUT2D eigenvalue weighted by molar-refractivity contribution is 0.359. The van der Waals surface area contributed by atoms with Gasteiger partial charge in [-0.3, -0.25) is 0 Å². The van der Waals surface area contributed by atoms with E-state index in [1.54, 1.807) is 0 Å². The molecule has 1 N–H and O–H groups in total. The van der Waals surface area contributed by atoms with Gasteiger partial charge in [-0.15, -0.1) is 0 Å². The Labute approximate surface area is 120 Å². The van der Waals surface area contributed by atoms with Gasteiger partial charge in [0.05, 0.1) is 10.0 Å². The second-order valence-corrected chi connectivity index (χ2v) is 6.39. The third-order valence-corrected chi connectivity index (χ3v) is 4.56. The molecule has 0 spiro atoms. The van der Waals surface area contributed by atoms with E-state index in [0.29, 0.717) is 16.9 Å². The summed E-state index contributed by atoms with van der Waals surface area (Å²) in [6.45, 7) is 5.63. The molecule has 1 aliphatic carbocycles. The second-order valence-electron chi connectivity index (χ2n) is 5.60. The molecule has 1 saturated carbocycles. The molecule has 2 rings (SSSR count). The van der Waals surface area contributed by atoms with Crippen LogP contribution in [0.3, 0.4) is 0 Å². The van der Waals surface area contributed by atoms with Gasteiger partial charge in [0.25, 0.3) is 0 Å². The maximum Gasteiger partial charge on any atom is 0.0624 e. The maximum atomic E-state index is 6.26. The first kappa shape index (κ1) is 14.2. The Morgan fingerprint density at radius 3 is 2.61 bits per heavy atom. The fourth-order valence-electron chi connectivity index (χ4n) is 2.14. The van der Waals surface area contributed by atoms with Crippen LogP contribution >= 0.6 is 23.2 Å². The van der Waals surface area contributed by atoms with Gasteiger partial charge < -0.3 is 5.32 Å². The first-order valence-corrected chi connectivity index (χ1v) is 7.49. The Bertz CT molecular complexity index is 399. The molecule has 0 amide bonds. The van der Waals surface area contributed by atoms with Crippen LogP contribution in [-0.4, -0.2) is 12.6 Å². The molecule has 1 aliphatic rings. The van der Waals surface area contributed by atoms with E-state index in [1.807, 2.05) is 12.1 Å². The summed E-state index contributed by atoms with van der Waals surface area (Å²) in [4.78, 5) is 0. The van der Waals surface area contributed by atoms with Crippen molar-refractivity contribution in [1.82, 2.24) is 5.32 Å². The molecular formula is C15H21Cl2N. The van der Waals surface area contributed by atoms with Crippen LogP contribution in [0.5, 0.6) is 0 Å². The summed E-state index contributed by atoms with van der Waals surface area (Å²) in [6.07, 6.45) is 3.67. The zero-order valence-electron chi connectivity index (χ0n) is 11.0. The number of hydrogen-bond acceptors (Lipinski definition) is 1. The van der Waals surface area contributed by atoms with E-state index in [9.17, 15) is 0 Å². The zero-order chi connectivity index (χ0) is 13.1. The number of hydrogen-bond donors (Lipinski definition) is 1. The second kappa shape index (κ2) is 6.27. The number of nitrogens with one attached hydrogen (secondary N) is 1. The third kappa shape index (κ3) is 3.88. The average Bonchev–Trinajstić information content (AvgIpc) is 3.13. The van der Waals surface area contributed by atoms with E-state index in [-0.39, 0.29) is 0 Å². The van der Waals surface area contributed by atoms with Gasteiger partial charge in [-0.25, -0.2) is 0 Å². The first-order valence-electron chi connectivity index (χ1n) is 6.74. The molecule has 0 aromatic heterocycles. The Kier molecular flexibility index (Phi) is 4.94. The minimum Gasteiger partial charge on any atom is -0.314 e. The van der Waals surface area contributed by atoms with Gasteiger partial charge in [0.2, 0.25) is 0 Å². The summed E-state index contributed by atoms with van der Waals surface area (Å²) in [5, 5.41) is 4.99. The highest BCUT2D eigenvalue weighted by atomic mass is 35.5. The van der Waals surface area contributed by atoms with Gasteiger partial charge in [-0.1, -0.05) is 49.2 Å². The Balaban J connectivity index is 2.00. The molecule has 0 bridgehead atoms. The van der Waals surface area contributed by atoms with Crippen LogP contribution in [0.4, 0.5) is 0 Å². The van der Waals surface area contributed by atoms with Crippen molar-refractivity contribution in [3.8, 4) is 0 Å². The molecule has 3 heteroatoms. The van der Waals surface area contributed by atoms with Crippen molar-refractivity contribution in [1.29, 1.82) is 0 Å². The van der Waals surface area contributed by atoms with Gasteiger partial charge in [0.15, 0.2) is 0 Å². The van der Waals surface area contributed by atoms with Crippen LogP contribution in [0.25, 0.3) is 0 Å². The topological polar surface area (TPSA) is 12.0 Å². The summed E-state index contributed by atoms with van der Waals surface area (Å²) >= 11 is 12.3. The van der Waals surface area contributed by atoms with E-state index in [2.05, 4.69) is 25.2 Å². The fraction of sp³-hybridized carbons (Fsp3) is 0.600. The molecule has 1 fully saturated rings. The minimum absolute atomic E-state index is 0.613. The zero-order valence-corrected chi connectivity index (χ0v) is 12.6. The fourth-order valence-corrected chi connectivity index (χ4v) is 2.53. The Morgan fingerprint density at radius 2 is 2.00 bits per heavy atom. The number of benzene rings is 1. The highest BCUT2D eigenvalue weighted by Gasteiger charge is 2.23. The van der Waals surface area contributed by atoms with Crippen LogP contribution in [0.2, 0.25) is 10.0 Å². The lowest BCUT2D eigenvalue weighted by Gasteiger charge is -2.22. The van der Waals surface area contributed by atoms with Gasteiger partial charge in [-0.2, -0.15) is 0 Å². The lowest BCUT2D eigenvalue weighted by atomic mass is 9.89. The Hall–Kier alpha value is -0.240. The van der Waals surface area contributed by atoms with E-state index in [0.717, 1.165) is 24.0 Å². The van der Waals surface area contributed by atoms with Crippen molar-refractivity contribution in [2.45, 2.75) is 39.2 Å². The molecule has 1 unspecified atom stereocenters. The quantitative estimate of drug-likeness (QED) is 0.808. The first-order chi connectivity index (χ1) is 8.58. The summed E-state index contributed by atoms with van der Waals surface area (Å²) in [5.41, 5.74) is 1.17. The van der Waals surface area contributed by atoms with Crippen molar-refractivity contribution in [3.63, 3.8) is 0 Å². The highest BCUT2D eigenvalue weighted by molar-refractivity contribution is 6.42. The smallest absolute Gasteiger partial charge is 0.0624 e. The van der Waals surface area contributed by atoms with Crippen LogP contribution in [-0.2, 0) is 6.42 Å². The average molecular weight is 286 g/mol. The van der Waals surface area contributed by atoms with E-state index in [1.165, 1.54) is 18.4 Å². The van der Waals surface area contributed by atoms with Crippen molar-refractivity contribution in [2.75, 3.05) is 6.54 Å². The van der Waals surface area contributed by atoms with Crippen molar-refractivity contribution >= 4 is 23.2 Å². The molecule has 1 atom stereocenters. The lowest BCUT2D eigenvalue weighted by Crippen LogP contribution is -2.29. The molecule has 0 heterocycles. The summed E-state index contributed by atoms with van der Waals surface area (Å²) in [5.74, 6) is 1.26. The predicted molar refractivity (Wildman–Crippen MR) is 79.5 cm³/mol. The van der Waals surface area contributed by atoms with E-state index in [4.69, 9.17) is 23.2 Å². The van der Waals surface area contributed by atoms with Crippen LogP contribution in [0, 0.1) is 11.8 Å². The van der Waals surface area contributed by atoms with E-state index < -0.39 is 0 Å². The molecule has 0 radical (unpaired) electrons. The molecule has 1 aromatic rings. The highest BCUT2D eigenvalue weighted by Crippen LogP contribution is 2.29. The number of rotatable bonds is 6. The van der Waals surface area contributed by atoms with Gasteiger partial charge in [0.1, 0.15) is 0 Å². The maximum absolute atomic E-state index is 6.26. The van der Waals surface area contributed by atoms with Gasteiger partial charge >= 0.3 is 0 Å². The molecule has 100 valence electrons. The third-order valence-electron chi connectivity index (χ3n) is 3.70. The summed E-state index contributed by atoms with van der Waals surface area (Å²) in [7, 11) is 0. The molecular weight excluding hydrogens is 265 g/mol. The van der Waals surface area contributed by atoms with Crippen molar-refractivity contribution in [3.05, 3.63) is 33.8 Å². The van der Waals surface area contributed by atoms with Crippen LogP contribution < -0.4 is 5.32 Å². The van der Waals surface area contributed by atoms with Crippen molar-refractivity contribution < 1.29 is 0 Å². The standard InChI is InChI=1S/C15H21Cl2N/c1-10(2)12(9-18-13-6-7-13)8-11-4-3-5-14(16)15(11)17/h3-5,10,12-13,18H,6-9H2,1-2H3. The SMILES string of the molecule is CC(C)C(CNC1CC1)Cc1cccc(Cl)c1Cl. The normalized spacial score (nSPS) is 17.2. The van der Waals surface area contributed by atoms with Gasteiger partial charge in [0, 0.05) is 6.04 Å². The monoisotopic (exact) mass is 285 g/mol. The van der Waals surface area contributed by atoms with Gasteiger partial charge in [-0.05, 0) is 49.3 Å². The molecule has 1 nitrogen and oxygen atoms in total. The molecule has 0 aliphatic heterocycles. The number of halogens is 2. The molecule has 0 saturated heterocycles. The molecule has 18 heavy (non-hydrogen) atoms. The molecule has 1 aromatic carbocycles. The largest absolute Gasteiger partial charge is 0.314 e. The van der Waals surface area contributed by atoms with Crippen LogP contribution in [0.15, 0.2) is 18.2 Å². The minimum atomic E-state index is 0.613. The summed E-state index contributed by atoms with van der Waals surface area (Å²) in [6, 6.07) is 6.68. The van der Waals surface area contributed by atoms with Crippen molar-refractivity contribution in [2.24, 2.45) is 11.8 Å². The Morgan fingerprint density at radius 1 is 1.28 bits per heavy atom.